The molecule has 0 spiro atoms. The minimum Gasteiger partial charge on any atom is -0.370 e. The Bertz CT molecular complexity index is 772. The average Bonchev–Trinajstić information content (AvgIpc) is 3.18. The van der Waals surface area contributed by atoms with Crippen molar-refractivity contribution >= 4 is 11.3 Å². The van der Waals surface area contributed by atoms with Gasteiger partial charge >= 0.3 is 0 Å². The summed E-state index contributed by atoms with van der Waals surface area (Å²) < 4.78 is 7.68. The standard InChI is InChI=1S/C18H27N5O/c1-11-5-6-22(9-11)14-7-12(2)16-20-17(21-23(16)10-14)18(24-4)8-13(3)15(18)19/h7,10-11,13,15H,5-6,8-9,19H2,1-4H3. The maximum atomic E-state index is 6.33. The van der Waals surface area contributed by atoms with Gasteiger partial charge in [-0.3, -0.25) is 0 Å². The molecule has 1 saturated carbocycles. The van der Waals surface area contributed by atoms with Crippen LogP contribution in [0.5, 0.6) is 0 Å². The highest BCUT2D eigenvalue weighted by Crippen LogP contribution is 2.46. The van der Waals surface area contributed by atoms with E-state index < -0.39 is 5.60 Å². The van der Waals surface area contributed by atoms with Crippen LogP contribution in [0, 0.1) is 18.8 Å². The number of nitrogens with zero attached hydrogens (tertiary/aromatic N) is 4. The van der Waals surface area contributed by atoms with Gasteiger partial charge in [0.05, 0.1) is 11.9 Å². The predicted octanol–water partition coefficient (Wildman–Crippen LogP) is 2.09. The summed E-state index contributed by atoms with van der Waals surface area (Å²) in [4.78, 5) is 7.21. The number of nitrogens with two attached hydrogens (primary N) is 1. The number of pyridine rings is 1. The first-order chi connectivity index (χ1) is 11.4. The SMILES string of the molecule is COC1(c2nc3c(C)cc(N4CCC(C)C4)cn3n2)CC(C)C1N. The second-order valence-electron chi connectivity index (χ2n) is 7.73. The Labute approximate surface area is 143 Å². The van der Waals surface area contributed by atoms with E-state index in [4.69, 9.17) is 20.6 Å². The third-order valence-corrected chi connectivity index (χ3v) is 5.91. The summed E-state index contributed by atoms with van der Waals surface area (Å²) in [5.74, 6) is 1.89. The number of methoxy groups -OCH3 is 1. The lowest BCUT2D eigenvalue weighted by molar-refractivity contribution is -0.132. The van der Waals surface area contributed by atoms with Crippen LogP contribution in [0.3, 0.4) is 0 Å². The number of ether oxygens (including phenoxy) is 1. The smallest absolute Gasteiger partial charge is 0.185 e. The van der Waals surface area contributed by atoms with E-state index in [1.807, 2.05) is 4.52 Å². The predicted molar refractivity (Wildman–Crippen MR) is 94.2 cm³/mol. The lowest BCUT2D eigenvalue weighted by Crippen LogP contribution is -2.61. The third-order valence-electron chi connectivity index (χ3n) is 5.91. The van der Waals surface area contributed by atoms with Crippen LogP contribution in [-0.2, 0) is 10.3 Å². The van der Waals surface area contributed by atoms with Crippen LogP contribution in [0.1, 0.15) is 38.1 Å². The van der Waals surface area contributed by atoms with Crippen LogP contribution in [0.15, 0.2) is 12.3 Å². The Morgan fingerprint density at radius 1 is 1.38 bits per heavy atom. The van der Waals surface area contributed by atoms with Gasteiger partial charge in [0.25, 0.3) is 0 Å². The van der Waals surface area contributed by atoms with Crippen molar-refractivity contribution in [2.24, 2.45) is 17.6 Å². The van der Waals surface area contributed by atoms with E-state index >= 15 is 0 Å². The zero-order valence-corrected chi connectivity index (χ0v) is 15.0. The molecule has 2 aromatic rings. The van der Waals surface area contributed by atoms with Gasteiger partial charge in [0, 0.05) is 26.2 Å². The highest BCUT2D eigenvalue weighted by atomic mass is 16.5. The fourth-order valence-corrected chi connectivity index (χ4v) is 4.24. The molecule has 4 atom stereocenters. The Hall–Kier alpha value is -1.66. The molecule has 0 radical (unpaired) electrons. The van der Waals surface area contributed by atoms with Crippen molar-refractivity contribution in [1.82, 2.24) is 14.6 Å². The van der Waals surface area contributed by atoms with Crippen LogP contribution < -0.4 is 10.6 Å². The van der Waals surface area contributed by atoms with Crippen molar-refractivity contribution in [2.45, 2.75) is 45.3 Å². The maximum absolute atomic E-state index is 6.33. The number of aromatic nitrogens is 3. The maximum Gasteiger partial charge on any atom is 0.185 e. The summed E-state index contributed by atoms with van der Waals surface area (Å²) in [6, 6.07) is 2.16. The molecule has 2 aromatic heterocycles. The van der Waals surface area contributed by atoms with Gasteiger partial charge < -0.3 is 15.4 Å². The summed E-state index contributed by atoms with van der Waals surface area (Å²) in [6.07, 6.45) is 4.21. The van der Waals surface area contributed by atoms with Crippen molar-refractivity contribution in [1.29, 1.82) is 0 Å². The number of fused-ring (bicyclic) bond motifs is 1. The molecule has 3 heterocycles. The van der Waals surface area contributed by atoms with E-state index in [9.17, 15) is 0 Å². The first kappa shape index (κ1) is 15.8. The molecule has 1 saturated heterocycles. The second-order valence-corrected chi connectivity index (χ2v) is 7.73. The van der Waals surface area contributed by atoms with Gasteiger partial charge in [-0.2, -0.15) is 0 Å². The fraction of sp³-hybridized carbons (Fsp3) is 0.667. The molecule has 0 aromatic carbocycles. The van der Waals surface area contributed by atoms with Crippen molar-refractivity contribution in [3.63, 3.8) is 0 Å². The molecule has 4 rings (SSSR count). The molecule has 130 valence electrons. The highest BCUT2D eigenvalue weighted by Gasteiger charge is 2.54. The molecule has 6 heteroatoms. The molecule has 0 bridgehead atoms. The summed E-state index contributed by atoms with van der Waals surface area (Å²) in [5, 5.41) is 4.75. The van der Waals surface area contributed by atoms with Crippen molar-refractivity contribution in [3.05, 3.63) is 23.7 Å². The summed E-state index contributed by atoms with van der Waals surface area (Å²) in [5.41, 5.74) is 9.04. The largest absolute Gasteiger partial charge is 0.370 e. The quantitative estimate of drug-likeness (QED) is 0.934. The first-order valence-electron chi connectivity index (χ1n) is 8.88. The summed E-state index contributed by atoms with van der Waals surface area (Å²) in [6.45, 7) is 8.77. The number of rotatable bonds is 3. The van der Waals surface area contributed by atoms with Gasteiger partial charge in [-0.05, 0) is 43.2 Å². The lowest BCUT2D eigenvalue weighted by Gasteiger charge is -2.49. The number of hydrogen-bond acceptors (Lipinski definition) is 5. The number of aryl methyl sites for hydroxylation is 1. The molecule has 4 unspecified atom stereocenters. The first-order valence-corrected chi connectivity index (χ1v) is 8.88. The van der Waals surface area contributed by atoms with E-state index in [0.29, 0.717) is 11.7 Å². The lowest BCUT2D eigenvalue weighted by atomic mass is 9.66. The van der Waals surface area contributed by atoms with E-state index in [1.54, 1.807) is 7.11 Å². The monoisotopic (exact) mass is 329 g/mol. The van der Waals surface area contributed by atoms with Crippen LogP contribution >= 0.6 is 0 Å². The summed E-state index contributed by atoms with van der Waals surface area (Å²) in [7, 11) is 1.71. The van der Waals surface area contributed by atoms with Gasteiger partial charge in [-0.15, -0.1) is 5.10 Å². The molecule has 24 heavy (non-hydrogen) atoms. The normalized spacial score (nSPS) is 33.2. The Kier molecular flexibility index (Phi) is 3.58. The molecule has 1 aliphatic carbocycles. The Morgan fingerprint density at radius 2 is 2.17 bits per heavy atom. The Balaban J connectivity index is 1.74. The molecule has 2 N–H and O–H groups in total. The van der Waals surface area contributed by atoms with Crippen molar-refractivity contribution in [2.75, 3.05) is 25.1 Å². The number of anilines is 1. The van der Waals surface area contributed by atoms with E-state index in [0.717, 1.165) is 36.6 Å². The van der Waals surface area contributed by atoms with Gasteiger partial charge in [-0.1, -0.05) is 13.8 Å². The average molecular weight is 329 g/mol. The van der Waals surface area contributed by atoms with E-state index in [1.165, 1.54) is 12.1 Å². The topological polar surface area (TPSA) is 68.7 Å². The minimum atomic E-state index is -0.541. The van der Waals surface area contributed by atoms with Gasteiger partial charge in [0.15, 0.2) is 11.5 Å². The molecule has 2 aliphatic rings. The van der Waals surface area contributed by atoms with Crippen molar-refractivity contribution < 1.29 is 4.74 Å². The third kappa shape index (κ3) is 2.16. The molecule has 6 nitrogen and oxygen atoms in total. The van der Waals surface area contributed by atoms with Crippen LogP contribution in [-0.4, -0.2) is 40.8 Å². The van der Waals surface area contributed by atoms with Gasteiger partial charge in [-0.25, -0.2) is 9.50 Å². The summed E-state index contributed by atoms with van der Waals surface area (Å²) >= 11 is 0. The molecule has 2 fully saturated rings. The molecular formula is C18H27N5O. The van der Waals surface area contributed by atoms with E-state index in [-0.39, 0.29) is 6.04 Å². The molecule has 0 amide bonds. The Morgan fingerprint density at radius 3 is 2.75 bits per heavy atom. The fourth-order valence-electron chi connectivity index (χ4n) is 4.24. The highest BCUT2D eigenvalue weighted by molar-refractivity contribution is 5.57. The zero-order chi connectivity index (χ0) is 17.1. The minimum absolute atomic E-state index is 0.0564. The molecule has 1 aliphatic heterocycles. The van der Waals surface area contributed by atoms with Crippen LogP contribution in [0.25, 0.3) is 5.65 Å². The van der Waals surface area contributed by atoms with Crippen molar-refractivity contribution in [3.8, 4) is 0 Å². The number of hydrogen-bond donors (Lipinski definition) is 1. The molecular weight excluding hydrogens is 302 g/mol. The second kappa shape index (κ2) is 5.43. The van der Waals surface area contributed by atoms with Gasteiger partial charge in [0.2, 0.25) is 0 Å². The van der Waals surface area contributed by atoms with E-state index in [2.05, 4.69) is 37.9 Å². The van der Waals surface area contributed by atoms with Gasteiger partial charge in [0.1, 0.15) is 5.60 Å². The van der Waals surface area contributed by atoms with Crippen LogP contribution in [0.4, 0.5) is 5.69 Å². The zero-order valence-electron chi connectivity index (χ0n) is 15.0. The van der Waals surface area contributed by atoms with Crippen LogP contribution in [0.2, 0.25) is 0 Å².